The van der Waals surface area contributed by atoms with E-state index in [9.17, 15) is 4.21 Å². The second kappa shape index (κ2) is 15.4. The molecule has 0 spiro atoms. The first-order valence-electron chi connectivity index (χ1n) is 16.6. The first kappa shape index (κ1) is 32.6. The summed E-state index contributed by atoms with van der Waals surface area (Å²) in [6.07, 6.45) is 14.9. The van der Waals surface area contributed by atoms with Crippen molar-refractivity contribution < 1.29 is 8.95 Å². The zero-order valence-electron chi connectivity index (χ0n) is 27.4. The van der Waals surface area contributed by atoms with Gasteiger partial charge in [-0.3, -0.25) is 4.21 Å². The molecule has 3 nitrogen and oxygen atoms in total. The quantitative estimate of drug-likeness (QED) is 0.265. The van der Waals surface area contributed by atoms with Crippen LogP contribution in [0, 0.1) is 31.6 Å². The molecule has 4 unspecified atom stereocenters. The number of anilines is 2. The van der Waals surface area contributed by atoms with Crippen molar-refractivity contribution in [2.45, 2.75) is 112 Å². The van der Waals surface area contributed by atoms with E-state index in [1.54, 1.807) is 0 Å². The van der Waals surface area contributed by atoms with Crippen molar-refractivity contribution in [1.29, 1.82) is 0 Å². The van der Waals surface area contributed by atoms with Crippen LogP contribution in [0.25, 0.3) is 5.57 Å². The molecule has 0 saturated carbocycles. The summed E-state index contributed by atoms with van der Waals surface area (Å²) in [6, 6.07) is 11.4. The average molecular weight is 590 g/mol. The van der Waals surface area contributed by atoms with Gasteiger partial charge in [0.05, 0.1) is 12.4 Å². The Morgan fingerprint density at radius 2 is 1.76 bits per heavy atom. The van der Waals surface area contributed by atoms with E-state index in [2.05, 4.69) is 96.3 Å². The number of fused-ring (bicyclic) bond motifs is 1. The molecule has 4 heteroatoms. The third-order valence-electron chi connectivity index (χ3n) is 9.53. The van der Waals surface area contributed by atoms with Gasteiger partial charge >= 0.3 is 0 Å². The fraction of sp³-hybridized carbons (Fsp3) is 0.579. The van der Waals surface area contributed by atoms with Crippen LogP contribution in [-0.4, -0.2) is 21.8 Å². The highest BCUT2D eigenvalue weighted by Crippen LogP contribution is 2.40. The molecule has 0 heterocycles. The Balaban J connectivity index is 1.63. The van der Waals surface area contributed by atoms with Gasteiger partial charge in [-0.1, -0.05) is 58.4 Å². The summed E-state index contributed by atoms with van der Waals surface area (Å²) in [5.41, 5.74) is 11.0. The summed E-state index contributed by atoms with van der Waals surface area (Å²) in [7, 11) is -0.714. The van der Waals surface area contributed by atoms with Crippen molar-refractivity contribution >= 4 is 27.7 Å². The standard InChI is InChI=1S/C38H55NO2S/c1-8-29-21-33(22-30(9-2)25-34(24-29)41-10-3)38-27(6)17-18-36(28(38)7)39-37-16-12-14-32-23-31(13-11-15-35(32)37)19-20-42(40)26(4)5/h12,14,16-18,21,24,26,29-31,39H,8-11,13,15,19-20,22-23,25H2,1-7H3. The van der Waals surface area contributed by atoms with Crippen LogP contribution < -0.4 is 5.32 Å². The molecular formula is C38H55NO2S. The topological polar surface area (TPSA) is 38.3 Å². The maximum absolute atomic E-state index is 12.4. The van der Waals surface area contributed by atoms with Gasteiger partial charge in [0, 0.05) is 39.6 Å². The number of hydrogen-bond acceptors (Lipinski definition) is 3. The largest absolute Gasteiger partial charge is 0.499 e. The van der Waals surface area contributed by atoms with E-state index < -0.39 is 10.8 Å². The van der Waals surface area contributed by atoms with Crippen LogP contribution in [0.4, 0.5) is 11.4 Å². The molecule has 0 amide bonds. The average Bonchev–Trinajstić information content (AvgIpc) is 3.17. The van der Waals surface area contributed by atoms with Gasteiger partial charge in [-0.25, -0.2) is 0 Å². The molecule has 0 aromatic heterocycles. The molecule has 230 valence electrons. The second-order valence-corrected chi connectivity index (χ2v) is 15.0. The molecule has 2 aliphatic rings. The predicted molar refractivity (Wildman–Crippen MR) is 183 cm³/mol. The Bertz CT molecular complexity index is 1290. The minimum Gasteiger partial charge on any atom is -0.499 e. The normalized spacial score (nSPS) is 21.9. The Morgan fingerprint density at radius 1 is 0.952 bits per heavy atom. The molecular weight excluding hydrogens is 534 g/mol. The molecule has 42 heavy (non-hydrogen) atoms. The van der Waals surface area contributed by atoms with Gasteiger partial charge in [-0.15, -0.1) is 0 Å². The van der Waals surface area contributed by atoms with Crippen LogP contribution in [0.2, 0.25) is 0 Å². The number of hydrogen-bond donors (Lipinski definition) is 1. The van der Waals surface area contributed by atoms with E-state index >= 15 is 0 Å². The SMILES string of the molecule is CCOC1=CC(CC)C=C(c2c(C)ccc(Nc3cccc4c3CCCC(CCS(=O)C(C)C)C4)c2C)CC(CC)C1. The third kappa shape index (κ3) is 8.18. The van der Waals surface area contributed by atoms with Crippen molar-refractivity contribution in [3.05, 3.63) is 76.1 Å². The van der Waals surface area contributed by atoms with E-state index in [0.717, 1.165) is 57.3 Å². The monoisotopic (exact) mass is 589 g/mol. The van der Waals surface area contributed by atoms with Gasteiger partial charge < -0.3 is 10.1 Å². The van der Waals surface area contributed by atoms with Crippen molar-refractivity contribution in [3.8, 4) is 0 Å². The Morgan fingerprint density at radius 3 is 2.48 bits per heavy atom. The van der Waals surface area contributed by atoms with Crippen LogP contribution in [-0.2, 0) is 28.4 Å². The van der Waals surface area contributed by atoms with Gasteiger partial charge in [-0.2, -0.15) is 0 Å². The number of allylic oxidation sites excluding steroid dienone is 4. The van der Waals surface area contributed by atoms with E-state index in [1.807, 2.05) is 0 Å². The lowest BCUT2D eigenvalue weighted by molar-refractivity contribution is 0.202. The number of nitrogens with one attached hydrogen (secondary N) is 1. The molecule has 0 radical (unpaired) electrons. The highest BCUT2D eigenvalue weighted by Gasteiger charge is 2.23. The van der Waals surface area contributed by atoms with Crippen LogP contribution >= 0.6 is 0 Å². The number of benzene rings is 2. The summed E-state index contributed by atoms with van der Waals surface area (Å²) in [5, 5.41) is 4.16. The Labute approximate surface area is 259 Å². The predicted octanol–water partition coefficient (Wildman–Crippen LogP) is 10.2. The van der Waals surface area contributed by atoms with Crippen molar-refractivity contribution in [2.75, 3.05) is 17.7 Å². The first-order chi connectivity index (χ1) is 20.2. The van der Waals surface area contributed by atoms with Gasteiger partial charge in [0.2, 0.25) is 0 Å². The molecule has 1 N–H and O–H groups in total. The maximum Gasteiger partial charge on any atom is 0.0928 e. The highest BCUT2D eigenvalue weighted by molar-refractivity contribution is 7.85. The lowest BCUT2D eigenvalue weighted by atomic mass is 9.82. The van der Waals surface area contributed by atoms with Crippen molar-refractivity contribution in [2.24, 2.45) is 17.8 Å². The van der Waals surface area contributed by atoms with E-state index in [0.29, 0.717) is 17.8 Å². The van der Waals surface area contributed by atoms with Crippen LogP contribution in [0.1, 0.15) is 107 Å². The van der Waals surface area contributed by atoms with E-state index in [-0.39, 0.29) is 5.25 Å². The van der Waals surface area contributed by atoms with Crippen molar-refractivity contribution in [3.63, 3.8) is 0 Å². The zero-order chi connectivity index (χ0) is 30.2. The second-order valence-electron chi connectivity index (χ2n) is 12.9. The zero-order valence-corrected chi connectivity index (χ0v) is 28.2. The highest BCUT2D eigenvalue weighted by atomic mass is 32.2. The van der Waals surface area contributed by atoms with Gasteiger partial charge in [0.1, 0.15) is 0 Å². The summed E-state index contributed by atoms with van der Waals surface area (Å²) in [5.74, 6) is 3.61. The number of ether oxygens (including phenoxy) is 1. The maximum atomic E-state index is 12.4. The minimum absolute atomic E-state index is 0.254. The van der Waals surface area contributed by atoms with Crippen LogP contribution in [0.15, 0.2) is 48.2 Å². The fourth-order valence-corrected chi connectivity index (χ4v) is 7.99. The number of rotatable bonds is 11. The first-order valence-corrected chi connectivity index (χ1v) is 18.0. The summed E-state index contributed by atoms with van der Waals surface area (Å²) in [4.78, 5) is 0. The van der Waals surface area contributed by atoms with Crippen molar-refractivity contribution in [1.82, 2.24) is 0 Å². The molecule has 2 aromatic carbocycles. The smallest absolute Gasteiger partial charge is 0.0928 e. The van der Waals surface area contributed by atoms with Gasteiger partial charge in [0.25, 0.3) is 0 Å². The summed E-state index contributed by atoms with van der Waals surface area (Å²) < 4.78 is 18.5. The lowest BCUT2D eigenvalue weighted by Crippen LogP contribution is -2.14. The minimum atomic E-state index is -0.714. The molecule has 0 aliphatic heterocycles. The molecule has 0 saturated heterocycles. The van der Waals surface area contributed by atoms with Crippen LogP contribution in [0.5, 0.6) is 0 Å². The molecule has 0 bridgehead atoms. The molecule has 4 atom stereocenters. The third-order valence-corrected chi connectivity index (χ3v) is 11.2. The Hall–Kier alpha value is -2.33. The van der Waals surface area contributed by atoms with Gasteiger partial charge in [-0.05, 0) is 135 Å². The summed E-state index contributed by atoms with van der Waals surface area (Å²) >= 11 is 0. The Kier molecular flexibility index (Phi) is 12.0. The number of aryl methyl sites for hydroxylation is 1. The fourth-order valence-electron chi connectivity index (χ4n) is 6.96. The van der Waals surface area contributed by atoms with E-state index in [1.165, 1.54) is 63.4 Å². The lowest BCUT2D eigenvalue weighted by Gasteiger charge is -2.26. The molecule has 0 fully saturated rings. The molecule has 4 rings (SSSR count). The van der Waals surface area contributed by atoms with Gasteiger partial charge in [0.15, 0.2) is 0 Å². The molecule has 2 aromatic rings. The van der Waals surface area contributed by atoms with Crippen LogP contribution in [0.3, 0.4) is 0 Å². The molecule has 2 aliphatic carbocycles. The van der Waals surface area contributed by atoms with E-state index in [4.69, 9.17) is 4.74 Å². The summed E-state index contributed by atoms with van der Waals surface area (Å²) in [6.45, 7) is 16.2.